The zero-order valence-electron chi connectivity index (χ0n) is 23.2. The number of carboxylic acid groups (broad SMARTS) is 1. The van der Waals surface area contributed by atoms with Gasteiger partial charge in [0.05, 0.1) is 12.2 Å². The fourth-order valence-corrected chi connectivity index (χ4v) is 4.42. The average molecular weight is 579 g/mol. The third-order valence-electron chi connectivity index (χ3n) is 5.40. The molecule has 0 aliphatic carbocycles. The zero-order chi connectivity index (χ0) is 29.5. The van der Waals surface area contributed by atoms with Crippen molar-refractivity contribution in [1.29, 1.82) is 0 Å². The molecule has 1 aromatic heterocycles. The van der Waals surface area contributed by atoms with E-state index >= 15 is 0 Å². The van der Waals surface area contributed by atoms with Crippen LogP contribution in [0.15, 0.2) is 41.0 Å². The highest BCUT2D eigenvalue weighted by atomic mass is 32.2. The van der Waals surface area contributed by atoms with Gasteiger partial charge in [0.2, 0.25) is 5.91 Å². The van der Waals surface area contributed by atoms with Crippen LogP contribution in [0.4, 0.5) is 0 Å². The fourth-order valence-electron chi connectivity index (χ4n) is 3.32. The van der Waals surface area contributed by atoms with E-state index < -0.39 is 23.8 Å². The summed E-state index contributed by atoms with van der Waals surface area (Å²) in [5.74, 6) is -2.33. The van der Waals surface area contributed by atoms with E-state index in [1.807, 2.05) is 25.3 Å². The van der Waals surface area contributed by atoms with E-state index in [2.05, 4.69) is 20.9 Å². The standard InChI is InChI=1S/C27H38N4O6S2/c1-7-19(25(34)31-24(16(2)3)27(36)37)30-26(35)20-11-12-22(38-6)21(29-20)15-28-23(33)14-17(4)10-8-9-13-39-18(5)32/h7-8,10-12,16-17,24H,9,13-15H2,1-6H3,(H,28,33)(H,30,35)(H,31,34)(H,36,37)/b10-8+,19-7-/t17-,24+/m1/s1. The molecular weight excluding hydrogens is 540 g/mol. The monoisotopic (exact) mass is 578 g/mol. The first-order valence-electron chi connectivity index (χ1n) is 12.5. The van der Waals surface area contributed by atoms with Gasteiger partial charge in [0.25, 0.3) is 11.8 Å². The van der Waals surface area contributed by atoms with Crippen LogP contribution in [0.3, 0.4) is 0 Å². The van der Waals surface area contributed by atoms with Crippen LogP contribution in [0.1, 0.15) is 63.6 Å². The van der Waals surface area contributed by atoms with Crippen LogP contribution in [-0.4, -0.2) is 56.9 Å². The minimum absolute atomic E-state index is 0.0132. The van der Waals surface area contributed by atoms with Crippen LogP contribution in [0.25, 0.3) is 0 Å². The number of rotatable bonds is 15. The maximum absolute atomic E-state index is 12.9. The number of carbonyl (C=O) groups is 5. The summed E-state index contributed by atoms with van der Waals surface area (Å²) in [5.41, 5.74) is 0.451. The number of aliphatic carboxylic acids is 1. The van der Waals surface area contributed by atoms with Crippen LogP contribution in [0.5, 0.6) is 0 Å². The van der Waals surface area contributed by atoms with E-state index in [0.29, 0.717) is 11.4 Å². The number of pyridine rings is 1. The SMILES string of the molecule is C/C=C(\NC(=O)c1ccc(SC)c(CNC(=O)C[C@H](C)/C=C/CCSC(C)=O)n1)C(=O)N[C@H](C(=O)O)C(C)C. The van der Waals surface area contributed by atoms with Crippen LogP contribution in [-0.2, 0) is 25.7 Å². The van der Waals surface area contributed by atoms with E-state index in [4.69, 9.17) is 0 Å². The second-order valence-corrected chi connectivity index (χ2v) is 11.2. The molecule has 12 heteroatoms. The first kappa shape index (κ1) is 33.9. The molecule has 2 atom stereocenters. The number of carbonyl (C=O) groups excluding carboxylic acids is 4. The molecular formula is C27H38N4O6S2. The normalized spacial score (nSPS) is 13.2. The number of nitrogens with zero attached hydrogens (tertiary/aromatic N) is 1. The Balaban J connectivity index is 2.81. The molecule has 0 aromatic carbocycles. The lowest BCUT2D eigenvalue weighted by molar-refractivity contribution is -0.142. The number of aromatic nitrogens is 1. The van der Waals surface area contributed by atoms with Gasteiger partial charge in [-0.15, -0.1) is 11.8 Å². The van der Waals surface area contributed by atoms with Crippen molar-refractivity contribution in [2.45, 2.75) is 64.9 Å². The van der Waals surface area contributed by atoms with Gasteiger partial charge in [0.15, 0.2) is 5.12 Å². The van der Waals surface area contributed by atoms with E-state index in [9.17, 15) is 29.1 Å². The van der Waals surface area contributed by atoms with Gasteiger partial charge in [0, 0.05) is 24.0 Å². The Morgan fingerprint density at radius 3 is 2.38 bits per heavy atom. The first-order chi connectivity index (χ1) is 18.4. The van der Waals surface area contributed by atoms with Crippen molar-refractivity contribution in [2.24, 2.45) is 11.8 Å². The Bertz CT molecular complexity index is 1100. The van der Waals surface area contributed by atoms with Crippen molar-refractivity contribution in [3.05, 3.63) is 47.4 Å². The summed E-state index contributed by atoms with van der Waals surface area (Å²) in [7, 11) is 0. The fraction of sp³-hybridized carbons (Fsp3) is 0.481. The number of carboxylic acids is 1. The van der Waals surface area contributed by atoms with Crippen LogP contribution < -0.4 is 16.0 Å². The van der Waals surface area contributed by atoms with E-state index in [1.54, 1.807) is 26.8 Å². The van der Waals surface area contributed by atoms with E-state index in [0.717, 1.165) is 11.3 Å². The smallest absolute Gasteiger partial charge is 0.326 e. The van der Waals surface area contributed by atoms with Gasteiger partial charge in [-0.05, 0) is 43.6 Å². The summed E-state index contributed by atoms with van der Waals surface area (Å²) in [5, 5.41) is 17.1. The predicted molar refractivity (Wildman–Crippen MR) is 154 cm³/mol. The number of allylic oxidation sites excluding steroid dienone is 3. The van der Waals surface area contributed by atoms with Crippen LogP contribution in [0, 0.1) is 11.8 Å². The molecule has 0 unspecified atom stereocenters. The molecule has 0 saturated heterocycles. The molecule has 0 aliphatic heterocycles. The Morgan fingerprint density at radius 1 is 1.13 bits per heavy atom. The number of nitrogens with one attached hydrogen (secondary N) is 3. The summed E-state index contributed by atoms with van der Waals surface area (Å²) in [6.07, 6.45) is 8.18. The van der Waals surface area contributed by atoms with Crippen molar-refractivity contribution >= 4 is 52.3 Å². The van der Waals surface area contributed by atoms with Crippen molar-refractivity contribution in [3.63, 3.8) is 0 Å². The van der Waals surface area contributed by atoms with Gasteiger partial charge >= 0.3 is 5.97 Å². The van der Waals surface area contributed by atoms with Gasteiger partial charge in [-0.3, -0.25) is 19.2 Å². The molecule has 39 heavy (non-hydrogen) atoms. The first-order valence-corrected chi connectivity index (χ1v) is 14.7. The summed E-state index contributed by atoms with van der Waals surface area (Å²) in [4.78, 5) is 65.5. The van der Waals surface area contributed by atoms with Crippen LogP contribution >= 0.6 is 23.5 Å². The van der Waals surface area contributed by atoms with Crippen molar-refractivity contribution in [1.82, 2.24) is 20.9 Å². The minimum Gasteiger partial charge on any atom is -0.480 e. The molecule has 0 fully saturated rings. The van der Waals surface area contributed by atoms with Gasteiger partial charge in [-0.1, -0.05) is 50.8 Å². The Kier molecular flexibility index (Phi) is 15.2. The molecule has 0 aliphatic rings. The molecule has 0 radical (unpaired) electrons. The topological polar surface area (TPSA) is 155 Å². The average Bonchev–Trinajstić information content (AvgIpc) is 2.87. The molecule has 0 bridgehead atoms. The van der Waals surface area contributed by atoms with Crippen molar-refractivity contribution < 1.29 is 29.1 Å². The number of hydrogen-bond donors (Lipinski definition) is 4. The van der Waals surface area contributed by atoms with E-state index in [-0.39, 0.29) is 47.2 Å². The number of hydrogen-bond acceptors (Lipinski definition) is 8. The van der Waals surface area contributed by atoms with Crippen molar-refractivity contribution in [2.75, 3.05) is 12.0 Å². The number of amides is 3. The lowest BCUT2D eigenvalue weighted by Crippen LogP contribution is -2.47. The highest BCUT2D eigenvalue weighted by molar-refractivity contribution is 8.13. The van der Waals surface area contributed by atoms with Crippen molar-refractivity contribution in [3.8, 4) is 0 Å². The number of thioether (sulfide) groups is 2. The van der Waals surface area contributed by atoms with Crippen LogP contribution in [0.2, 0.25) is 0 Å². The highest BCUT2D eigenvalue weighted by Gasteiger charge is 2.25. The molecule has 10 nitrogen and oxygen atoms in total. The molecule has 1 aromatic rings. The lowest BCUT2D eigenvalue weighted by Gasteiger charge is -2.19. The highest BCUT2D eigenvalue weighted by Crippen LogP contribution is 2.19. The third kappa shape index (κ3) is 12.5. The summed E-state index contributed by atoms with van der Waals surface area (Å²) < 4.78 is 0. The third-order valence-corrected chi connectivity index (χ3v) is 7.06. The van der Waals surface area contributed by atoms with Gasteiger partial charge in [-0.2, -0.15) is 0 Å². The van der Waals surface area contributed by atoms with Gasteiger partial charge < -0.3 is 21.1 Å². The summed E-state index contributed by atoms with van der Waals surface area (Å²) >= 11 is 2.69. The van der Waals surface area contributed by atoms with Gasteiger partial charge in [0.1, 0.15) is 17.4 Å². The molecule has 1 heterocycles. The summed E-state index contributed by atoms with van der Waals surface area (Å²) in [6.45, 7) is 8.46. The molecule has 1 rings (SSSR count). The van der Waals surface area contributed by atoms with Gasteiger partial charge in [-0.25, -0.2) is 9.78 Å². The Labute approximate surface area is 238 Å². The zero-order valence-corrected chi connectivity index (χ0v) is 24.8. The minimum atomic E-state index is -1.17. The Hall–Kier alpha value is -3.12. The van der Waals surface area contributed by atoms with E-state index in [1.165, 1.54) is 42.6 Å². The largest absolute Gasteiger partial charge is 0.480 e. The maximum Gasteiger partial charge on any atom is 0.326 e. The maximum atomic E-state index is 12.9. The lowest BCUT2D eigenvalue weighted by atomic mass is 10.0. The molecule has 3 amide bonds. The second-order valence-electron chi connectivity index (χ2n) is 9.05. The second kappa shape index (κ2) is 17.5. The molecule has 214 valence electrons. The quantitative estimate of drug-likeness (QED) is 0.106. The molecule has 0 saturated carbocycles. The predicted octanol–water partition coefficient (Wildman–Crippen LogP) is 3.53. The molecule has 0 spiro atoms. The summed E-state index contributed by atoms with van der Waals surface area (Å²) in [6, 6.07) is 2.12. The Morgan fingerprint density at radius 2 is 1.82 bits per heavy atom. The molecule has 4 N–H and O–H groups in total.